The molecule has 1 aliphatic carbocycles. The van der Waals surface area contributed by atoms with Gasteiger partial charge in [-0.1, -0.05) is 0 Å². The third-order valence-electron chi connectivity index (χ3n) is 3.18. The van der Waals surface area contributed by atoms with Crippen molar-refractivity contribution in [2.75, 3.05) is 0 Å². The van der Waals surface area contributed by atoms with Crippen LogP contribution in [-0.4, -0.2) is 11.0 Å². The first-order valence-corrected chi connectivity index (χ1v) is 7.10. The van der Waals surface area contributed by atoms with Crippen LogP contribution in [0.2, 0.25) is 0 Å². The van der Waals surface area contributed by atoms with Gasteiger partial charge in [0.1, 0.15) is 16.6 Å². The van der Waals surface area contributed by atoms with Gasteiger partial charge in [-0.05, 0) is 38.0 Å². The second kappa shape index (κ2) is 4.98. The maximum Gasteiger partial charge on any atom is 0.133 e. The zero-order chi connectivity index (χ0) is 13.4. The third-order valence-corrected chi connectivity index (χ3v) is 4.37. The lowest BCUT2D eigenvalue weighted by molar-refractivity contribution is 0.603. The Balaban J connectivity index is 1.87. The van der Waals surface area contributed by atoms with E-state index in [0.29, 0.717) is 11.0 Å². The van der Waals surface area contributed by atoms with Gasteiger partial charge < -0.3 is 5.32 Å². The number of aryl methyl sites for hydroxylation is 1. The fourth-order valence-electron chi connectivity index (χ4n) is 1.89. The SMILES string of the molecule is Cc1nc(-c2cc(F)ccc2F)sc1CNC1CC1. The van der Waals surface area contributed by atoms with Crippen molar-refractivity contribution in [3.63, 3.8) is 0 Å². The van der Waals surface area contributed by atoms with E-state index in [9.17, 15) is 8.78 Å². The highest BCUT2D eigenvalue weighted by molar-refractivity contribution is 7.15. The van der Waals surface area contributed by atoms with Crippen molar-refractivity contribution in [1.82, 2.24) is 10.3 Å². The standard InChI is InChI=1S/C14H14F2N2S/c1-8-13(7-17-10-3-4-10)19-14(18-8)11-6-9(15)2-5-12(11)16/h2,5-6,10,17H,3-4,7H2,1H3. The smallest absolute Gasteiger partial charge is 0.133 e. The van der Waals surface area contributed by atoms with Crippen LogP contribution in [0, 0.1) is 18.6 Å². The largest absolute Gasteiger partial charge is 0.309 e. The van der Waals surface area contributed by atoms with Crippen LogP contribution in [0.5, 0.6) is 0 Å². The van der Waals surface area contributed by atoms with E-state index in [4.69, 9.17) is 0 Å². The monoisotopic (exact) mass is 280 g/mol. The second-order valence-electron chi connectivity index (χ2n) is 4.81. The van der Waals surface area contributed by atoms with E-state index in [2.05, 4.69) is 10.3 Å². The molecular weight excluding hydrogens is 266 g/mol. The predicted molar refractivity (Wildman–Crippen MR) is 72.1 cm³/mol. The summed E-state index contributed by atoms with van der Waals surface area (Å²) >= 11 is 1.42. The molecule has 1 aliphatic rings. The molecule has 0 radical (unpaired) electrons. The minimum atomic E-state index is -0.443. The highest BCUT2D eigenvalue weighted by Crippen LogP contribution is 2.31. The quantitative estimate of drug-likeness (QED) is 0.924. The van der Waals surface area contributed by atoms with E-state index in [-0.39, 0.29) is 5.56 Å². The third kappa shape index (κ3) is 2.82. The molecule has 5 heteroatoms. The van der Waals surface area contributed by atoms with Gasteiger partial charge in [-0.2, -0.15) is 0 Å². The number of nitrogens with zero attached hydrogens (tertiary/aromatic N) is 1. The fraction of sp³-hybridized carbons (Fsp3) is 0.357. The molecule has 0 aliphatic heterocycles. The van der Waals surface area contributed by atoms with Crippen molar-refractivity contribution in [1.29, 1.82) is 0 Å². The molecule has 19 heavy (non-hydrogen) atoms. The van der Waals surface area contributed by atoms with E-state index in [1.807, 2.05) is 6.92 Å². The van der Waals surface area contributed by atoms with E-state index < -0.39 is 11.6 Å². The number of rotatable bonds is 4. The molecule has 2 nitrogen and oxygen atoms in total. The lowest BCUT2D eigenvalue weighted by atomic mass is 10.2. The first kappa shape index (κ1) is 12.7. The Morgan fingerprint density at radius 1 is 1.37 bits per heavy atom. The van der Waals surface area contributed by atoms with Crippen LogP contribution in [0.25, 0.3) is 10.6 Å². The second-order valence-corrected chi connectivity index (χ2v) is 5.89. The average Bonchev–Trinajstić information content (AvgIpc) is 3.14. The van der Waals surface area contributed by atoms with Crippen LogP contribution in [-0.2, 0) is 6.54 Å². The molecule has 1 aromatic heterocycles. The average molecular weight is 280 g/mol. The molecule has 1 fully saturated rings. The summed E-state index contributed by atoms with van der Waals surface area (Å²) in [5.41, 5.74) is 1.13. The maximum atomic E-state index is 13.7. The van der Waals surface area contributed by atoms with E-state index in [1.165, 1.54) is 30.2 Å². The number of nitrogens with one attached hydrogen (secondary N) is 1. The van der Waals surface area contributed by atoms with Crippen molar-refractivity contribution >= 4 is 11.3 Å². The van der Waals surface area contributed by atoms with Crippen molar-refractivity contribution in [3.05, 3.63) is 40.4 Å². The van der Waals surface area contributed by atoms with Gasteiger partial charge in [0.25, 0.3) is 0 Å². The van der Waals surface area contributed by atoms with Crippen LogP contribution in [0.1, 0.15) is 23.4 Å². The number of aromatic nitrogens is 1. The van der Waals surface area contributed by atoms with Gasteiger partial charge in [-0.3, -0.25) is 0 Å². The normalized spacial score (nSPS) is 14.9. The molecule has 0 saturated heterocycles. The minimum Gasteiger partial charge on any atom is -0.309 e. The Kier molecular flexibility index (Phi) is 3.33. The molecule has 2 aromatic rings. The summed E-state index contributed by atoms with van der Waals surface area (Å²) in [5, 5.41) is 3.95. The Morgan fingerprint density at radius 3 is 2.89 bits per heavy atom. The Bertz CT molecular complexity index is 605. The number of halogens is 2. The summed E-state index contributed by atoms with van der Waals surface area (Å²) in [7, 11) is 0. The number of benzene rings is 1. The van der Waals surface area contributed by atoms with Crippen LogP contribution >= 0.6 is 11.3 Å². The highest BCUT2D eigenvalue weighted by atomic mass is 32.1. The summed E-state index contributed by atoms with van der Waals surface area (Å²) in [6, 6.07) is 4.08. The van der Waals surface area contributed by atoms with Crippen LogP contribution in [0.3, 0.4) is 0 Å². The lowest BCUT2D eigenvalue weighted by Crippen LogP contribution is -2.14. The first-order valence-electron chi connectivity index (χ1n) is 6.28. The summed E-state index contributed by atoms with van der Waals surface area (Å²) in [6.45, 7) is 2.66. The highest BCUT2D eigenvalue weighted by Gasteiger charge is 2.21. The fourth-order valence-corrected chi connectivity index (χ4v) is 2.92. The van der Waals surface area contributed by atoms with Crippen molar-refractivity contribution in [3.8, 4) is 10.6 Å². The van der Waals surface area contributed by atoms with Crippen molar-refractivity contribution in [2.24, 2.45) is 0 Å². The lowest BCUT2D eigenvalue weighted by Gasteiger charge is -1.99. The number of hydrogen-bond donors (Lipinski definition) is 1. The molecule has 1 saturated carbocycles. The van der Waals surface area contributed by atoms with Gasteiger partial charge in [0.15, 0.2) is 0 Å². The zero-order valence-electron chi connectivity index (χ0n) is 10.5. The summed E-state index contributed by atoms with van der Waals surface area (Å²) in [4.78, 5) is 5.44. The summed E-state index contributed by atoms with van der Waals surface area (Å²) < 4.78 is 26.9. The molecular formula is C14H14F2N2S. The molecule has 3 rings (SSSR count). The van der Waals surface area contributed by atoms with Gasteiger partial charge in [0, 0.05) is 23.0 Å². The van der Waals surface area contributed by atoms with Crippen LogP contribution < -0.4 is 5.32 Å². The van der Waals surface area contributed by atoms with Gasteiger partial charge in [0.2, 0.25) is 0 Å². The van der Waals surface area contributed by atoms with Gasteiger partial charge in [-0.25, -0.2) is 13.8 Å². The number of thiazole rings is 1. The molecule has 1 aromatic carbocycles. The molecule has 1 N–H and O–H groups in total. The zero-order valence-corrected chi connectivity index (χ0v) is 11.4. The van der Waals surface area contributed by atoms with Gasteiger partial charge >= 0.3 is 0 Å². The molecule has 0 amide bonds. The van der Waals surface area contributed by atoms with Gasteiger partial charge in [0.05, 0.1) is 5.69 Å². The van der Waals surface area contributed by atoms with E-state index >= 15 is 0 Å². The summed E-state index contributed by atoms with van der Waals surface area (Å²) in [6.07, 6.45) is 2.45. The molecule has 0 unspecified atom stereocenters. The van der Waals surface area contributed by atoms with E-state index in [1.54, 1.807) is 0 Å². The minimum absolute atomic E-state index is 0.241. The number of hydrogen-bond acceptors (Lipinski definition) is 3. The van der Waals surface area contributed by atoms with Crippen molar-refractivity contribution in [2.45, 2.75) is 32.4 Å². The van der Waals surface area contributed by atoms with E-state index in [0.717, 1.165) is 29.2 Å². The molecule has 0 spiro atoms. The van der Waals surface area contributed by atoms with Gasteiger partial charge in [-0.15, -0.1) is 11.3 Å². The first-order chi connectivity index (χ1) is 9.13. The Labute approximate surface area is 114 Å². The van der Waals surface area contributed by atoms with Crippen LogP contribution in [0.15, 0.2) is 18.2 Å². The molecule has 100 valence electrons. The summed E-state index contributed by atoms with van der Waals surface area (Å²) in [5.74, 6) is -0.876. The Morgan fingerprint density at radius 2 is 2.16 bits per heavy atom. The predicted octanol–water partition coefficient (Wildman–Crippen LogP) is 3.65. The molecule has 0 bridgehead atoms. The topological polar surface area (TPSA) is 24.9 Å². The molecule has 0 atom stereocenters. The molecule has 1 heterocycles. The maximum absolute atomic E-state index is 13.7. The van der Waals surface area contributed by atoms with Crippen molar-refractivity contribution < 1.29 is 8.78 Å². The Hall–Kier alpha value is -1.33. The van der Waals surface area contributed by atoms with Crippen LogP contribution in [0.4, 0.5) is 8.78 Å².